The summed E-state index contributed by atoms with van der Waals surface area (Å²) in [6.07, 6.45) is 0. The Morgan fingerprint density at radius 3 is 2.65 bits per heavy atom. The Morgan fingerprint density at radius 1 is 1.35 bits per heavy atom. The maximum atomic E-state index is 13.7. The molecule has 0 spiro atoms. The molecule has 0 saturated carbocycles. The molecule has 0 aliphatic heterocycles. The third-order valence-corrected chi connectivity index (χ3v) is 3.10. The van der Waals surface area contributed by atoms with Crippen LogP contribution in [0, 0.1) is 5.82 Å². The van der Waals surface area contributed by atoms with E-state index in [1.807, 2.05) is 0 Å². The van der Waals surface area contributed by atoms with Crippen molar-refractivity contribution < 1.29 is 4.39 Å². The van der Waals surface area contributed by atoms with Crippen LogP contribution in [0.1, 0.15) is 18.5 Å². The number of hydrogen-bond donors (Lipinski definition) is 3. The quantitative estimate of drug-likeness (QED) is 0.780. The Balaban J connectivity index is 2.41. The van der Waals surface area contributed by atoms with Gasteiger partial charge in [0.15, 0.2) is 0 Å². The highest BCUT2D eigenvalue weighted by atomic mass is 19.1. The van der Waals surface area contributed by atoms with Crippen LogP contribution >= 0.6 is 0 Å². The summed E-state index contributed by atoms with van der Waals surface area (Å²) in [5, 5.41) is 2.84. The highest BCUT2D eigenvalue weighted by molar-refractivity contribution is 5.61. The summed E-state index contributed by atoms with van der Waals surface area (Å²) in [4.78, 5) is 25.3. The number of aromatic nitrogens is 2. The third-order valence-electron chi connectivity index (χ3n) is 3.10. The smallest absolute Gasteiger partial charge is 0.329 e. The van der Waals surface area contributed by atoms with E-state index in [-0.39, 0.29) is 17.3 Å². The first kappa shape index (κ1) is 13.9. The Labute approximate surface area is 114 Å². The average Bonchev–Trinajstić information content (AvgIpc) is 2.41. The zero-order valence-corrected chi connectivity index (χ0v) is 11.1. The van der Waals surface area contributed by atoms with E-state index in [2.05, 4.69) is 10.3 Å². The van der Waals surface area contributed by atoms with Crippen molar-refractivity contribution in [2.24, 2.45) is 7.05 Å². The molecule has 1 unspecified atom stereocenters. The van der Waals surface area contributed by atoms with Crippen molar-refractivity contribution >= 4 is 11.5 Å². The summed E-state index contributed by atoms with van der Waals surface area (Å²) in [6.45, 7) is 1.70. The van der Waals surface area contributed by atoms with Crippen LogP contribution in [-0.2, 0) is 7.05 Å². The Hall–Kier alpha value is -2.57. The van der Waals surface area contributed by atoms with Gasteiger partial charge in [0.1, 0.15) is 17.3 Å². The van der Waals surface area contributed by atoms with E-state index in [0.717, 1.165) is 4.57 Å². The number of nitrogen functional groups attached to an aromatic ring is 1. The van der Waals surface area contributed by atoms with Crippen LogP contribution in [0.3, 0.4) is 0 Å². The molecule has 1 aromatic carbocycles. The maximum absolute atomic E-state index is 13.7. The number of anilines is 2. The van der Waals surface area contributed by atoms with Gasteiger partial charge in [0.2, 0.25) is 0 Å². The van der Waals surface area contributed by atoms with Gasteiger partial charge in [-0.1, -0.05) is 18.2 Å². The highest BCUT2D eigenvalue weighted by Crippen LogP contribution is 2.21. The molecule has 0 saturated heterocycles. The van der Waals surface area contributed by atoms with Crippen LogP contribution in [0.5, 0.6) is 0 Å². The van der Waals surface area contributed by atoms with Gasteiger partial charge in [0, 0.05) is 12.6 Å². The molecule has 0 aliphatic rings. The van der Waals surface area contributed by atoms with Gasteiger partial charge in [-0.25, -0.2) is 9.18 Å². The topological polar surface area (TPSA) is 92.9 Å². The second kappa shape index (κ2) is 5.20. The minimum Gasteiger partial charge on any atom is -0.383 e. The predicted octanol–water partition coefficient (Wildman–Crippen LogP) is 0.968. The molecule has 2 aromatic rings. The van der Waals surface area contributed by atoms with Gasteiger partial charge in [0.05, 0.1) is 6.04 Å². The van der Waals surface area contributed by atoms with E-state index in [0.29, 0.717) is 5.56 Å². The minimum absolute atomic E-state index is 0.00180. The molecule has 20 heavy (non-hydrogen) atoms. The molecule has 0 radical (unpaired) electrons. The fraction of sp³-hybridized carbons (Fsp3) is 0.231. The Morgan fingerprint density at radius 2 is 2.00 bits per heavy atom. The molecule has 6 nitrogen and oxygen atoms in total. The van der Waals surface area contributed by atoms with Crippen molar-refractivity contribution in [3.05, 3.63) is 56.5 Å². The SMILES string of the molecule is CC(Nc1c(N)n(C)c(=O)[nH]c1=O)c1ccccc1F. The summed E-state index contributed by atoms with van der Waals surface area (Å²) in [7, 11) is 1.44. The number of H-pyrrole nitrogens is 1. The summed E-state index contributed by atoms with van der Waals surface area (Å²) >= 11 is 0. The van der Waals surface area contributed by atoms with E-state index in [9.17, 15) is 14.0 Å². The number of nitrogens with one attached hydrogen (secondary N) is 2. The largest absolute Gasteiger partial charge is 0.383 e. The average molecular weight is 278 g/mol. The third kappa shape index (κ3) is 2.42. The molecule has 7 heteroatoms. The van der Waals surface area contributed by atoms with E-state index < -0.39 is 17.3 Å². The highest BCUT2D eigenvalue weighted by Gasteiger charge is 2.15. The molecule has 1 aromatic heterocycles. The fourth-order valence-electron chi connectivity index (χ4n) is 1.90. The minimum atomic E-state index is -0.631. The normalized spacial score (nSPS) is 12.2. The lowest BCUT2D eigenvalue weighted by molar-refractivity contribution is 0.600. The lowest BCUT2D eigenvalue weighted by Crippen LogP contribution is -2.33. The van der Waals surface area contributed by atoms with Gasteiger partial charge in [-0.05, 0) is 13.0 Å². The summed E-state index contributed by atoms with van der Waals surface area (Å²) in [5.41, 5.74) is 4.95. The number of hydrogen-bond acceptors (Lipinski definition) is 4. The van der Waals surface area contributed by atoms with Crippen molar-refractivity contribution in [2.75, 3.05) is 11.1 Å². The van der Waals surface area contributed by atoms with Crippen LogP contribution in [0.2, 0.25) is 0 Å². The van der Waals surface area contributed by atoms with Gasteiger partial charge in [-0.2, -0.15) is 0 Å². The molecule has 1 atom stereocenters. The van der Waals surface area contributed by atoms with Crippen LogP contribution in [0.15, 0.2) is 33.9 Å². The molecule has 4 N–H and O–H groups in total. The maximum Gasteiger partial charge on any atom is 0.329 e. The molecule has 1 heterocycles. The molecule has 2 rings (SSSR count). The number of aromatic amines is 1. The summed E-state index contributed by atoms with van der Waals surface area (Å²) in [6, 6.07) is 5.75. The zero-order chi connectivity index (χ0) is 14.9. The van der Waals surface area contributed by atoms with Crippen molar-refractivity contribution in [1.29, 1.82) is 0 Å². The van der Waals surface area contributed by atoms with Gasteiger partial charge in [-0.15, -0.1) is 0 Å². The van der Waals surface area contributed by atoms with E-state index in [1.54, 1.807) is 25.1 Å². The Bertz CT molecular complexity index is 751. The standard InChI is InChI=1S/C13H15FN4O2/c1-7(8-5-3-4-6-9(8)14)16-10-11(15)18(2)13(20)17-12(10)19/h3-7,16H,15H2,1-2H3,(H,17,19,20). The lowest BCUT2D eigenvalue weighted by Gasteiger charge is -2.17. The second-order valence-corrected chi connectivity index (χ2v) is 4.47. The van der Waals surface area contributed by atoms with Gasteiger partial charge < -0.3 is 11.1 Å². The number of rotatable bonds is 3. The number of benzene rings is 1. The number of halogens is 1. The monoisotopic (exact) mass is 278 g/mol. The second-order valence-electron chi connectivity index (χ2n) is 4.47. The van der Waals surface area contributed by atoms with Crippen LogP contribution in [0.4, 0.5) is 15.9 Å². The van der Waals surface area contributed by atoms with Crippen LogP contribution in [-0.4, -0.2) is 9.55 Å². The molecule has 0 fully saturated rings. The van der Waals surface area contributed by atoms with Crippen LogP contribution in [0.25, 0.3) is 0 Å². The van der Waals surface area contributed by atoms with Crippen LogP contribution < -0.4 is 22.3 Å². The van der Waals surface area contributed by atoms with Crippen molar-refractivity contribution in [3.63, 3.8) is 0 Å². The summed E-state index contributed by atoms with van der Waals surface area (Å²) in [5.74, 6) is -0.380. The van der Waals surface area contributed by atoms with Crippen molar-refractivity contribution in [1.82, 2.24) is 9.55 Å². The molecular weight excluding hydrogens is 263 g/mol. The van der Waals surface area contributed by atoms with Gasteiger partial charge in [-0.3, -0.25) is 14.3 Å². The van der Waals surface area contributed by atoms with Crippen molar-refractivity contribution in [3.8, 4) is 0 Å². The number of nitrogens with zero attached hydrogens (tertiary/aromatic N) is 1. The fourth-order valence-corrected chi connectivity index (χ4v) is 1.90. The predicted molar refractivity (Wildman–Crippen MR) is 75.2 cm³/mol. The van der Waals surface area contributed by atoms with E-state index >= 15 is 0 Å². The van der Waals surface area contributed by atoms with Gasteiger partial charge in [0.25, 0.3) is 5.56 Å². The summed E-state index contributed by atoms with van der Waals surface area (Å²) < 4.78 is 14.8. The van der Waals surface area contributed by atoms with Crippen molar-refractivity contribution in [2.45, 2.75) is 13.0 Å². The lowest BCUT2D eigenvalue weighted by atomic mass is 10.1. The first-order valence-electron chi connectivity index (χ1n) is 6.01. The first-order valence-corrected chi connectivity index (χ1v) is 6.01. The van der Waals surface area contributed by atoms with E-state index in [1.165, 1.54) is 13.1 Å². The molecule has 0 amide bonds. The molecule has 0 aliphatic carbocycles. The Kier molecular flexibility index (Phi) is 3.60. The molecular formula is C13H15FN4O2. The van der Waals surface area contributed by atoms with Gasteiger partial charge >= 0.3 is 5.69 Å². The first-order chi connectivity index (χ1) is 9.41. The zero-order valence-electron chi connectivity index (χ0n) is 11.1. The molecule has 0 bridgehead atoms. The molecule has 106 valence electrons. The number of nitrogens with two attached hydrogens (primary N) is 1. The van der Waals surface area contributed by atoms with E-state index in [4.69, 9.17) is 5.73 Å².